The molecule has 0 aliphatic heterocycles. The number of halogens is 5. The zero-order chi connectivity index (χ0) is 24.3. The SMILES string of the molecule is Nc1nc(SCC(=O)Nc2cc(C(F)(F)F)ccc2Cl)[nH]c(=O)c1NC(=O)c1ccc(Br)o1. The van der Waals surface area contributed by atoms with Crippen molar-refractivity contribution in [3.63, 3.8) is 0 Å². The number of carbonyl (C=O) groups excluding carboxylic acids is 2. The Morgan fingerprint density at radius 2 is 1.97 bits per heavy atom. The largest absolute Gasteiger partial charge is 0.444 e. The number of carbonyl (C=O) groups is 2. The summed E-state index contributed by atoms with van der Waals surface area (Å²) in [4.78, 5) is 42.8. The van der Waals surface area contributed by atoms with Gasteiger partial charge in [0.15, 0.2) is 27.1 Å². The third-order valence-corrected chi connectivity index (χ3v) is 5.50. The van der Waals surface area contributed by atoms with E-state index in [0.717, 1.165) is 23.9 Å². The lowest BCUT2D eigenvalue weighted by Gasteiger charge is -2.11. The molecule has 9 nitrogen and oxygen atoms in total. The van der Waals surface area contributed by atoms with Crippen LogP contribution in [0.2, 0.25) is 5.02 Å². The fraction of sp³-hybridized carbons (Fsp3) is 0.111. The number of benzene rings is 1. The van der Waals surface area contributed by atoms with Crippen molar-refractivity contribution in [2.24, 2.45) is 0 Å². The molecule has 2 amide bonds. The van der Waals surface area contributed by atoms with Crippen molar-refractivity contribution >= 4 is 68.3 Å². The molecule has 0 spiro atoms. The van der Waals surface area contributed by atoms with Gasteiger partial charge in [-0.15, -0.1) is 0 Å². The molecule has 0 bridgehead atoms. The van der Waals surface area contributed by atoms with Gasteiger partial charge in [0.2, 0.25) is 5.91 Å². The van der Waals surface area contributed by atoms with E-state index in [1.165, 1.54) is 12.1 Å². The number of nitrogen functional groups attached to an aromatic ring is 1. The second-order valence-electron chi connectivity index (χ2n) is 6.22. The number of anilines is 3. The zero-order valence-electron chi connectivity index (χ0n) is 16.0. The van der Waals surface area contributed by atoms with Gasteiger partial charge >= 0.3 is 6.18 Å². The van der Waals surface area contributed by atoms with Gasteiger partial charge in [0, 0.05) is 0 Å². The van der Waals surface area contributed by atoms with E-state index in [1.807, 2.05) is 0 Å². The molecule has 1 aromatic carbocycles. The van der Waals surface area contributed by atoms with E-state index in [2.05, 4.69) is 36.5 Å². The number of nitrogens with two attached hydrogens (primary N) is 1. The fourth-order valence-corrected chi connectivity index (χ4v) is 3.53. The van der Waals surface area contributed by atoms with Crippen molar-refractivity contribution in [3.05, 3.63) is 61.7 Å². The maximum Gasteiger partial charge on any atom is 0.416 e. The lowest BCUT2D eigenvalue weighted by atomic mass is 10.2. The minimum absolute atomic E-state index is 0.0541. The van der Waals surface area contributed by atoms with Crippen LogP contribution in [0.5, 0.6) is 0 Å². The maximum atomic E-state index is 12.8. The van der Waals surface area contributed by atoms with Gasteiger partial charge in [0.25, 0.3) is 11.5 Å². The van der Waals surface area contributed by atoms with Crippen molar-refractivity contribution in [3.8, 4) is 0 Å². The number of H-pyrrole nitrogens is 1. The van der Waals surface area contributed by atoms with Crippen LogP contribution in [-0.4, -0.2) is 27.5 Å². The Morgan fingerprint density at radius 3 is 2.58 bits per heavy atom. The number of aromatic nitrogens is 2. The van der Waals surface area contributed by atoms with Crippen LogP contribution in [0.1, 0.15) is 16.1 Å². The van der Waals surface area contributed by atoms with Crippen LogP contribution in [0.4, 0.5) is 30.4 Å². The Morgan fingerprint density at radius 1 is 1.24 bits per heavy atom. The topological polar surface area (TPSA) is 143 Å². The number of thioether (sulfide) groups is 1. The van der Waals surface area contributed by atoms with Crippen LogP contribution in [0.15, 0.2) is 49.4 Å². The number of rotatable bonds is 6. The van der Waals surface area contributed by atoms with Crippen molar-refractivity contribution in [1.82, 2.24) is 9.97 Å². The summed E-state index contributed by atoms with van der Waals surface area (Å²) < 4.78 is 43.9. The molecule has 0 fully saturated rings. The molecule has 2 aromatic heterocycles. The van der Waals surface area contributed by atoms with E-state index >= 15 is 0 Å². The van der Waals surface area contributed by atoms with Gasteiger partial charge in [-0.3, -0.25) is 19.4 Å². The van der Waals surface area contributed by atoms with Gasteiger partial charge in [0.1, 0.15) is 0 Å². The molecular weight excluding hydrogens is 555 g/mol. The number of nitrogens with zero attached hydrogens (tertiary/aromatic N) is 1. The summed E-state index contributed by atoms with van der Waals surface area (Å²) in [5.41, 5.74) is 3.43. The average Bonchev–Trinajstić information content (AvgIpc) is 3.16. The minimum Gasteiger partial charge on any atom is -0.444 e. The maximum absolute atomic E-state index is 12.8. The first-order valence-corrected chi connectivity index (χ1v) is 10.9. The molecule has 3 rings (SSSR count). The van der Waals surface area contributed by atoms with Crippen LogP contribution in [0, 0.1) is 0 Å². The van der Waals surface area contributed by atoms with E-state index < -0.39 is 29.1 Å². The van der Waals surface area contributed by atoms with Crippen molar-refractivity contribution in [1.29, 1.82) is 0 Å². The highest BCUT2D eigenvalue weighted by Gasteiger charge is 2.31. The summed E-state index contributed by atoms with van der Waals surface area (Å²) in [6, 6.07) is 5.36. The Kier molecular flexibility index (Phi) is 7.39. The van der Waals surface area contributed by atoms with Gasteiger partial charge in [-0.25, -0.2) is 4.98 Å². The molecular formula is C18H12BrClF3N5O4S. The van der Waals surface area contributed by atoms with Crippen LogP contribution >= 0.6 is 39.3 Å². The molecule has 0 aliphatic carbocycles. The van der Waals surface area contributed by atoms with Crippen molar-refractivity contribution in [2.75, 3.05) is 22.1 Å². The monoisotopic (exact) mass is 565 g/mol. The van der Waals surface area contributed by atoms with E-state index in [1.54, 1.807) is 0 Å². The molecule has 0 saturated carbocycles. The highest BCUT2D eigenvalue weighted by molar-refractivity contribution is 9.10. The summed E-state index contributed by atoms with van der Waals surface area (Å²) in [7, 11) is 0. The fourth-order valence-electron chi connectivity index (χ4n) is 2.39. The third kappa shape index (κ3) is 6.30. The number of furan rings is 1. The van der Waals surface area contributed by atoms with Crippen LogP contribution < -0.4 is 21.9 Å². The number of alkyl halides is 3. The van der Waals surface area contributed by atoms with E-state index in [0.29, 0.717) is 10.7 Å². The molecule has 0 aliphatic rings. The highest BCUT2D eigenvalue weighted by Crippen LogP contribution is 2.34. The number of hydrogen-bond donors (Lipinski definition) is 4. The lowest BCUT2D eigenvalue weighted by molar-refractivity contribution is -0.137. The molecule has 3 aromatic rings. The van der Waals surface area contributed by atoms with Gasteiger partial charge in [-0.05, 0) is 46.3 Å². The molecule has 0 unspecified atom stereocenters. The quantitative estimate of drug-likeness (QED) is 0.256. The normalized spacial score (nSPS) is 11.3. The van der Waals surface area contributed by atoms with E-state index in [-0.39, 0.29) is 38.9 Å². The van der Waals surface area contributed by atoms with Crippen LogP contribution in [-0.2, 0) is 11.0 Å². The summed E-state index contributed by atoms with van der Waals surface area (Å²) in [5.74, 6) is -2.17. The summed E-state index contributed by atoms with van der Waals surface area (Å²) in [6.45, 7) is 0. The van der Waals surface area contributed by atoms with Crippen molar-refractivity contribution in [2.45, 2.75) is 11.3 Å². The molecule has 0 saturated heterocycles. The van der Waals surface area contributed by atoms with Gasteiger partial charge in [-0.2, -0.15) is 13.2 Å². The molecule has 2 heterocycles. The predicted octanol–water partition coefficient (Wildman–Crippen LogP) is 4.36. The standard InChI is InChI=1S/C18H12BrClF3N5O4S/c19-11-4-3-10(32-11)15(30)26-13-14(24)27-17(28-16(13)31)33-6-12(29)25-9-5-7(18(21,22)23)1-2-8(9)20/h1-5H,6H2,(H,25,29)(H,26,30)(H3,24,27,28,31). The van der Waals surface area contributed by atoms with E-state index in [9.17, 15) is 27.6 Å². The second kappa shape index (κ2) is 9.89. The molecule has 0 atom stereocenters. The zero-order valence-corrected chi connectivity index (χ0v) is 19.2. The lowest BCUT2D eigenvalue weighted by Crippen LogP contribution is -2.23. The first-order valence-electron chi connectivity index (χ1n) is 8.70. The highest BCUT2D eigenvalue weighted by atomic mass is 79.9. The molecule has 5 N–H and O–H groups in total. The van der Waals surface area contributed by atoms with Crippen LogP contribution in [0.25, 0.3) is 0 Å². The van der Waals surface area contributed by atoms with Crippen LogP contribution in [0.3, 0.4) is 0 Å². The first-order chi connectivity index (χ1) is 15.4. The van der Waals surface area contributed by atoms with Gasteiger partial charge in [0.05, 0.1) is 22.0 Å². The Bertz CT molecular complexity index is 1280. The summed E-state index contributed by atoms with van der Waals surface area (Å²) >= 11 is 9.65. The Balaban J connectivity index is 1.65. The predicted molar refractivity (Wildman–Crippen MR) is 119 cm³/mol. The smallest absolute Gasteiger partial charge is 0.416 e. The van der Waals surface area contributed by atoms with Gasteiger partial charge < -0.3 is 20.8 Å². The first kappa shape index (κ1) is 24.7. The minimum atomic E-state index is -4.61. The second-order valence-corrected chi connectivity index (χ2v) is 8.37. The third-order valence-electron chi connectivity index (χ3n) is 3.87. The Labute approximate surface area is 200 Å². The molecule has 33 heavy (non-hydrogen) atoms. The molecule has 174 valence electrons. The summed E-state index contributed by atoms with van der Waals surface area (Å²) in [5, 5.41) is 4.41. The Hall–Kier alpha value is -2.97. The number of hydrogen-bond acceptors (Lipinski definition) is 7. The number of aromatic amines is 1. The average molecular weight is 567 g/mol. The van der Waals surface area contributed by atoms with E-state index in [4.69, 9.17) is 21.8 Å². The molecule has 15 heteroatoms. The number of amides is 2. The van der Waals surface area contributed by atoms with Gasteiger partial charge in [-0.1, -0.05) is 23.4 Å². The van der Waals surface area contributed by atoms with Crippen molar-refractivity contribution < 1.29 is 27.2 Å². The summed E-state index contributed by atoms with van der Waals surface area (Å²) in [6.07, 6.45) is -4.61. The number of nitrogens with one attached hydrogen (secondary N) is 3. The molecule has 0 radical (unpaired) electrons.